The van der Waals surface area contributed by atoms with E-state index in [-0.39, 0.29) is 0 Å². The van der Waals surface area contributed by atoms with E-state index in [1.54, 1.807) is 16.3 Å². The molecular weight excluding hydrogens is 328 g/mol. The van der Waals surface area contributed by atoms with Gasteiger partial charge in [-0.15, -0.1) is 0 Å². The van der Waals surface area contributed by atoms with E-state index in [9.17, 15) is 0 Å². The van der Waals surface area contributed by atoms with Crippen LogP contribution in [0.4, 0.5) is 0 Å². The molecule has 1 N–H and O–H groups in total. The Bertz CT molecular complexity index is 682. The number of benzene rings is 1. The van der Waals surface area contributed by atoms with Crippen LogP contribution >= 0.6 is 0 Å². The molecule has 0 spiro atoms. The van der Waals surface area contributed by atoms with E-state index >= 15 is 0 Å². The summed E-state index contributed by atoms with van der Waals surface area (Å²) in [6.45, 7) is 10.2. The van der Waals surface area contributed by atoms with Gasteiger partial charge in [0.1, 0.15) is 18.8 Å². The fourth-order valence-corrected chi connectivity index (χ4v) is 5.48. The van der Waals surface area contributed by atoms with Gasteiger partial charge in [-0.25, -0.2) is 4.58 Å². The van der Waals surface area contributed by atoms with Crippen molar-refractivity contribution in [3.63, 3.8) is 0 Å². The van der Waals surface area contributed by atoms with Crippen LogP contribution < -0.4 is 4.90 Å². The van der Waals surface area contributed by atoms with E-state index in [2.05, 4.69) is 54.8 Å². The van der Waals surface area contributed by atoms with Gasteiger partial charge in [-0.2, -0.15) is 0 Å². The number of hydrogen-bond donors (Lipinski definition) is 1. The molecule has 0 atom stereocenters. The molecule has 27 heavy (non-hydrogen) atoms. The highest BCUT2D eigenvalue weighted by Gasteiger charge is 2.36. The molecule has 0 saturated carbocycles. The van der Waals surface area contributed by atoms with E-state index in [0.717, 1.165) is 5.92 Å². The van der Waals surface area contributed by atoms with E-state index in [0.29, 0.717) is 5.41 Å². The normalized spacial score (nSPS) is 28.7. The predicted molar refractivity (Wildman–Crippen MR) is 114 cm³/mol. The van der Waals surface area contributed by atoms with Crippen molar-refractivity contribution in [3.05, 3.63) is 47.7 Å². The van der Waals surface area contributed by atoms with Crippen LogP contribution in [0.3, 0.4) is 0 Å². The maximum atomic E-state index is 2.70. The SMILES string of the molecule is CC1(C)CC([NH+]2CCC(Cc3ccccc3)CC2)=CC(=[N+]2CCCCC2)C1. The van der Waals surface area contributed by atoms with Crippen LogP contribution in [0.15, 0.2) is 42.1 Å². The van der Waals surface area contributed by atoms with Crippen molar-refractivity contribution in [1.82, 2.24) is 0 Å². The zero-order chi connectivity index (χ0) is 18.7. The van der Waals surface area contributed by atoms with Gasteiger partial charge in [-0.05, 0) is 29.7 Å². The first-order chi connectivity index (χ1) is 13.1. The third kappa shape index (κ3) is 4.90. The number of rotatable bonds is 3. The summed E-state index contributed by atoms with van der Waals surface area (Å²) >= 11 is 0. The molecule has 0 unspecified atom stereocenters. The van der Waals surface area contributed by atoms with Gasteiger partial charge in [-0.3, -0.25) is 0 Å². The number of nitrogens with zero attached hydrogens (tertiary/aromatic N) is 1. The second-order valence-corrected chi connectivity index (χ2v) is 9.96. The number of nitrogens with one attached hydrogen (secondary N) is 1. The number of hydrogen-bond acceptors (Lipinski definition) is 0. The van der Waals surface area contributed by atoms with E-state index in [1.807, 2.05) is 0 Å². The smallest absolute Gasteiger partial charge is 0.182 e. The molecule has 0 radical (unpaired) electrons. The topological polar surface area (TPSA) is 7.45 Å². The van der Waals surface area contributed by atoms with Gasteiger partial charge < -0.3 is 4.90 Å². The van der Waals surface area contributed by atoms with Crippen molar-refractivity contribution in [2.45, 2.75) is 65.2 Å². The summed E-state index contributed by atoms with van der Waals surface area (Å²) in [5, 5.41) is 0. The number of piperidine rings is 2. The second-order valence-electron chi connectivity index (χ2n) is 9.96. The minimum atomic E-state index is 0.421. The second kappa shape index (κ2) is 8.31. The lowest BCUT2D eigenvalue weighted by molar-refractivity contribution is -0.869. The Balaban J connectivity index is 1.42. The monoisotopic (exact) mass is 366 g/mol. The molecule has 1 aliphatic carbocycles. The number of likely N-dealkylation sites (tertiary alicyclic amines) is 1. The molecule has 146 valence electrons. The molecule has 2 aliphatic heterocycles. The Kier molecular flexibility index (Phi) is 5.82. The maximum Gasteiger partial charge on any atom is 0.182 e. The zero-order valence-corrected chi connectivity index (χ0v) is 17.5. The first-order valence-electron chi connectivity index (χ1n) is 11.3. The van der Waals surface area contributed by atoms with Gasteiger partial charge in [0.05, 0.1) is 19.2 Å². The maximum absolute atomic E-state index is 2.70. The molecule has 3 aliphatic rings. The molecule has 2 heteroatoms. The minimum Gasteiger partial charge on any atom is -0.306 e. The molecule has 0 amide bonds. The summed E-state index contributed by atoms with van der Waals surface area (Å²) in [6.07, 6.45) is 13.4. The van der Waals surface area contributed by atoms with Crippen molar-refractivity contribution >= 4 is 5.71 Å². The van der Waals surface area contributed by atoms with Crippen LogP contribution in [0.25, 0.3) is 0 Å². The van der Waals surface area contributed by atoms with Gasteiger partial charge in [-0.1, -0.05) is 44.2 Å². The van der Waals surface area contributed by atoms with Gasteiger partial charge in [0.15, 0.2) is 5.71 Å². The Labute approximate surface area is 166 Å². The predicted octanol–water partition coefficient (Wildman–Crippen LogP) is 3.87. The largest absolute Gasteiger partial charge is 0.306 e. The number of quaternary nitrogens is 1. The van der Waals surface area contributed by atoms with Crippen LogP contribution in [0.5, 0.6) is 0 Å². The third-order valence-corrected chi connectivity index (χ3v) is 6.96. The summed E-state index contributed by atoms with van der Waals surface area (Å²) < 4.78 is 2.70. The van der Waals surface area contributed by atoms with Gasteiger partial charge in [0.2, 0.25) is 0 Å². The van der Waals surface area contributed by atoms with Crippen molar-refractivity contribution in [1.29, 1.82) is 0 Å². The summed E-state index contributed by atoms with van der Waals surface area (Å²) in [7, 11) is 0. The zero-order valence-electron chi connectivity index (χ0n) is 17.5. The minimum absolute atomic E-state index is 0.421. The van der Waals surface area contributed by atoms with Gasteiger partial charge in [0.25, 0.3) is 0 Å². The summed E-state index contributed by atoms with van der Waals surface area (Å²) in [6, 6.07) is 11.1. The highest BCUT2D eigenvalue weighted by molar-refractivity contribution is 5.92. The van der Waals surface area contributed by atoms with Crippen LogP contribution in [-0.2, 0) is 6.42 Å². The highest BCUT2D eigenvalue weighted by atomic mass is 15.1. The Morgan fingerprint density at radius 2 is 1.67 bits per heavy atom. The average Bonchev–Trinajstić information content (AvgIpc) is 2.69. The standard InChI is InChI=1S/C25H37N2/c1-25(2)19-23(26-13-7-4-8-14-26)18-24(20-25)27-15-11-22(12-16-27)17-21-9-5-3-6-10-21/h3,5-6,9-10,18,22H,4,7-8,11-17,19-20H2,1-2H3/q+1/p+1. The fourth-order valence-electron chi connectivity index (χ4n) is 5.48. The Morgan fingerprint density at radius 1 is 0.963 bits per heavy atom. The van der Waals surface area contributed by atoms with E-state index in [4.69, 9.17) is 0 Å². The van der Waals surface area contributed by atoms with E-state index in [1.165, 1.54) is 83.1 Å². The molecule has 1 aromatic rings. The molecular formula is C25H38N2+2. The lowest BCUT2D eigenvalue weighted by atomic mass is 9.77. The summed E-state index contributed by atoms with van der Waals surface area (Å²) in [5.74, 6) is 0.874. The first-order valence-corrected chi connectivity index (χ1v) is 11.3. The average molecular weight is 367 g/mol. The van der Waals surface area contributed by atoms with E-state index < -0.39 is 0 Å². The quantitative estimate of drug-likeness (QED) is 0.777. The van der Waals surface area contributed by atoms with Gasteiger partial charge in [0, 0.05) is 38.5 Å². The molecule has 2 fully saturated rings. The Morgan fingerprint density at radius 3 is 2.37 bits per heavy atom. The van der Waals surface area contributed by atoms with Crippen LogP contribution in [-0.4, -0.2) is 36.5 Å². The Hall–Kier alpha value is -1.41. The first kappa shape index (κ1) is 18.9. The van der Waals surface area contributed by atoms with Crippen LogP contribution in [0, 0.1) is 11.3 Å². The number of allylic oxidation sites excluding steroid dienone is 2. The van der Waals surface area contributed by atoms with Crippen molar-refractivity contribution in [2.75, 3.05) is 26.2 Å². The molecule has 0 aromatic heterocycles. The summed E-state index contributed by atoms with van der Waals surface area (Å²) in [4.78, 5) is 1.78. The summed E-state index contributed by atoms with van der Waals surface area (Å²) in [5.41, 5.74) is 5.28. The van der Waals surface area contributed by atoms with Crippen LogP contribution in [0.1, 0.15) is 64.4 Å². The fraction of sp³-hybridized carbons (Fsp3) is 0.640. The molecule has 1 aromatic carbocycles. The third-order valence-electron chi connectivity index (χ3n) is 6.96. The lowest BCUT2D eigenvalue weighted by Crippen LogP contribution is -3.11. The van der Waals surface area contributed by atoms with Crippen molar-refractivity contribution in [2.24, 2.45) is 11.3 Å². The molecule has 2 nitrogen and oxygen atoms in total. The highest BCUT2D eigenvalue weighted by Crippen LogP contribution is 2.33. The van der Waals surface area contributed by atoms with Gasteiger partial charge >= 0.3 is 0 Å². The van der Waals surface area contributed by atoms with Crippen molar-refractivity contribution in [3.8, 4) is 0 Å². The lowest BCUT2D eigenvalue weighted by Gasteiger charge is -2.36. The molecule has 0 bridgehead atoms. The molecule has 2 heterocycles. The molecule has 2 saturated heterocycles. The van der Waals surface area contributed by atoms with Crippen molar-refractivity contribution < 1.29 is 9.48 Å². The molecule has 4 rings (SSSR count). The van der Waals surface area contributed by atoms with Crippen LogP contribution in [0.2, 0.25) is 0 Å².